The number of halogens is 1. The zero-order valence-electron chi connectivity index (χ0n) is 14.2. The zero-order chi connectivity index (χ0) is 17.5. The maximum atomic E-state index is 12.1. The summed E-state index contributed by atoms with van der Waals surface area (Å²) in [5, 5.41) is 6.59. The van der Waals surface area contributed by atoms with Crippen molar-refractivity contribution in [2.45, 2.75) is 33.3 Å². The molecule has 128 valence electrons. The highest BCUT2D eigenvalue weighted by Gasteiger charge is 2.06. The summed E-state index contributed by atoms with van der Waals surface area (Å²) in [7, 11) is 0. The van der Waals surface area contributed by atoms with Crippen LogP contribution in [0.5, 0.6) is 5.75 Å². The Balaban J connectivity index is 1.87. The average molecular weight is 347 g/mol. The Kier molecular flexibility index (Phi) is 6.50. The first kappa shape index (κ1) is 18.1. The van der Waals surface area contributed by atoms with Crippen molar-refractivity contribution < 1.29 is 9.53 Å². The molecule has 0 fully saturated rings. The number of hydrogen-bond acceptors (Lipinski definition) is 3. The van der Waals surface area contributed by atoms with Crippen LogP contribution >= 0.6 is 11.6 Å². The molecule has 5 heteroatoms. The molecule has 0 bridgehead atoms. The van der Waals surface area contributed by atoms with Gasteiger partial charge in [0.05, 0.1) is 12.6 Å². The van der Waals surface area contributed by atoms with Gasteiger partial charge in [0, 0.05) is 16.4 Å². The Morgan fingerprint density at radius 3 is 2.58 bits per heavy atom. The van der Waals surface area contributed by atoms with Gasteiger partial charge in [-0.15, -0.1) is 0 Å². The third kappa shape index (κ3) is 5.46. The zero-order valence-corrected chi connectivity index (χ0v) is 15.0. The summed E-state index contributed by atoms with van der Waals surface area (Å²) in [6, 6.07) is 12.9. The number of anilines is 2. The van der Waals surface area contributed by atoms with E-state index in [1.807, 2.05) is 56.3 Å². The molecule has 0 radical (unpaired) electrons. The number of hydrogen-bond donors (Lipinski definition) is 2. The second-order valence-electron chi connectivity index (χ2n) is 5.72. The minimum Gasteiger partial charge on any atom is -0.491 e. The van der Waals surface area contributed by atoms with Crippen molar-refractivity contribution in [2.75, 3.05) is 17.2 Å². The van der Waals surface area contributed by atoms with Crippen molar-refractivity contribution >= 4 is 28.9 Å². The van der Waals surface area contributed by atoms with E-state index in [4.69, 9.17) is 16.3 Å². The van der Waals surface area contributed by atoms with E-state index in [0.717, 1.165) is 29.1 Å². The molecular weight excluding hydrogens is 324 g/mol. The van der Waals surface area contributed by atoms with Gasteiger partial charge in [0.1, 0.15) is 5.75 Å². The van der Waals surface area contributed by atoms with Gasteiger partial charge in [0.15, 0.2) is 0 Å². The lowest BCUT2D eigenvalue weighted by molar-refractivity contribution is -0.114. The predicted molar refractivity (Wildman–Crippen MR) is 100 cm³/mol. The first-order valence-electron chi connectivity index (χ1n) is 8.04. The van der Waals surface area contributed by atoms with Gasteiger partial charge < -0.3 is 15.4 Å². The molecule has 0 aliphatic heterocycles. The third-order valence-electron chi connectivity index (χ3n) is 3.69. The molecule has 0 aliphatic carbocycles. The lowest BCUT2D eigenvalue weighted by Gasteiger charge is -2.13. The Morgan fingerprint density at radius 2 is 1.92 bits per heavy atom. The molecule has 4 nitrogen and oxygen atoms in total. The molecule has 2 N–H and O–H groups in total. The van der Waals surface area contributed by atoms with E-state index in [2.05, 4.69) is 17.6 Å². The Labute approximate surface area is 148 Å². The van der Waals surface area contributed by atoms with Gasteiger partial charge in [-0.2, -0.15) is 0 Å². The van der Waals surface area contributed by atoms with Gasteiger partial charge in [0.2, 0.25) is 5.91 Å². The minimum atomic E-state index is -0.120. The quantitative estimate of drug-likeness (QED) is 0.751. The first-order valence-corrected chi connectivity index (χ1v) is 8.42. The summed E-state index contributed by atoms with van der Waals surface area (Å²) in [5.41, 5.74) is 2.63. The number of amides is 1. The lowest BCUT2D eigenvalue weighted by Crippen LogP contribution is -2.22. The van der Waals surface area contributed by atoms with Crippen molar-refractivity contribution in [3.63, 3.8) is 0 Å². The van der Waals surface area contributed by atoms with E-state index in [9.17, 15) is 4.79 Å². The van der Waals surface area contributed by atoms with Crippen LogP contribution in [0.25, 0.3) is 0 Å². The normalized spacial score (nSPS) is 11.7. The highest BCUT2D eigenvalue weighted by Crippen LogP contribution is 2.20. The molecule has 0 heterocycles. The molecule has 0 aromatic heterocycles. The van der Waals surface area contributed by atoms with Crippen molar-refractivity contribution in [1.29, 1.82) is 0 Å². The Morgan fingerprint density at radius 1 is 1.21 bits per heavy atom. The third-order valence-corrected chi connectivity index (χ3v) is 3.92. The number of carbonyl (C=O) groups is 1. The molecule has 0 saturated carbocycles. The van der Waals surface area contributed by atoms with E-state index in [1.165, 1.54) is 0 Å². The smallest absolute Gasteiger partial charge is 0.243 e. The van der Waals surface area contributed by atoms with Crippen LogP contribution in [0.15, 0.2) is 42.5 Å². The number of benzene rings is 2. The molecule has 0 saturated heterocycles. The molecular formula is C19H23ClN2O2. The fourth-order valence-corrected chi connectivity index (χ4v) is 2.27. The monoisotopic (exact) mass is 346 g/mol. The molecule has 1 amide bonds. The van der Waals surface area contributed by atoms with Crippen molar-refractivity contribution in [2.24, 2.45) is 0 Å². The minimum absolute atomic E-state index is 0.120. The number of nitrogens with one attached hydrogen (secondary N) is 2. The van der Waals surface area contributed by atoms with E-state index >= 15 is 0 Å². The SMILES string of the molecule is CCC(C)Oc1ccc(NC(=O)CNc2cc(Cl)ccc2C)cc1. The van der Waals surface area contributed by atoms with Gasteiger partial charge in [-0.1, -0.05) is 24.6 Å². The van der Waals surface area contributed by atoms with Crippen molar-refractivity contribution in [1.82, 2.24) is 0 Å². The van der Waals surface area contributed by atoms with Gasteiger partial charge in [0.25, 0.3) is 0 Å². The summed E-state index contributed by atoms with van der Waals surface area (Å²) < 4.78 is 5.72. The van der Waals surface area contributed by atoms with E-state index in [0.29, 0.717) is 5.02 Å². The number of carbonyl (C=O) groups excluding carboxylic acids is 1. The van der Waals surface area contributed by atoms with Gasteiger partial charge >= 0.3 is 0 Å². The Hall–Kier alpha value is -2.20. The second-order valence-corrected chi connectivity index (χ2v) is 6.16. The molecule has 0 spiro atoms. The number of ether oxygens (including phenoxy) is 1. The van der Waals surface area contributed by atoms with Crippen LogP contribution < -0.4 is 15.4 Å². The largest absolute Gasteiger partial charge is 0.491 e. The molecule has 1 atom stereocenters. The summed E-state index contributed by atoms with van der Waals surface area (Å²) in [4.78, 5) is 12.1. The van der Waals surface area contributed by atoms with E-state index in [1.54, 1.807) is 0 Å². The number of rotatable bonds is 7. The first-order chi connectivity index (χ1) is 11.5. The molecule has 24 heavy (non-hydrogen) atoms. The fraction of sp³-hybridized carbons (Fsp3) is 0.316. The Bertz CT molecular complexity index is 686. The molecule has 1 unspecified atom stereocenters. The average Bonchev–Trinajstić information content (AvgIpc) is 2.57. The van der Waals surface area contributed by atoms with E-state index < -0.39 is 0 Å². The van der Waals surface area contributed by atoms with Crippen LogP contribution in [0.3, 0.4) is 0 Å². The molecule has 0 aliphatic rings. The van der Waals surface area contributed by atoms with Crippen LogP contribution in [0.2, 0.25) is 5.02 Å². The standard InChI is InChI=1S/C19H23ClN2O2/c1-4-14(3)24-17-9-7-16(8-10-17)22-19(23)12-21-18-11-15(20)6-5-13(18)2/h5-11,14,21H,4,12H2,1-3H3,(H,22,23). The van der Waals surface area contributed by atoms with Crippen LogP contribution in [0.4, 0.5) is 11.4 Å². The topological polar surface area (TPSA) is 50.4 Å². The second kappa shape index (κ2) is 8.60. The van der Waals surface area contributed by atoms with Crippen LogP contribution in [-0.2, 0) is 4.79 Å². The van der Waals surface area contributed by atoms with Crippen LogP contribution in [0, 0.1) is 6.92 Å². The summed E-state index contributed by atoms with van der Waals surface area (Å²) in [5.74, 6) is 0.681. The lowest BCUT2D eigenvalue weighted by atomic mass is 10.2. The van der Waals surface area contributed by atoms with Gasteiger partial charge in [-0.05, 0) is 62.2 Å². The van der Waals surface area contributed by atoms with Crippen molar-refractivity contribution in [3.8, 4) is 5.75 Å². The fourth-order valence-electron chi connectivity index (χ4n) is 2.10. The summed E-state index contributed by atoms with van der Waals surface area (Å²) >= 11 is 5.97. The molecule has 2 rings (SSSR count). The summed E-state index contributed by atoms with van der Waals surface area (Å²) in [6.45, 7) is 6.24. The van der Waals surface area contributed by atoms with Gasteiger partial charge in [-0.25, -0.2) is 0 Å². The maximum Gasteiger partial charge on any atom is 0.243 e. The molecule has 2 aromatic carbocycles. The van der Waals surface area contributed by atoms with Crippen LogP contribution in [0.1, 0.15) is 25.8 Å². The predicted octanol–water partition coefficient (Wildman–Crippen LogP) is 4.88. The van der Waals surface area contributed by atoms with Crippen molar-refractivity contribution in [3.05, 3.63) is 53.1 Å². The summed E-state index contributed by atoms with van der Waals surface area (Å²) in [6.07, 6.45) is 1.13. The maximum absolute atomic E-state index is 12.1. The molecule has 2 aromatic rings. The highest BCUT2D eigenvalue weighted by molar-refractivity contribution is 6.30. The van der Waals surface area contributed by atoms with E-state index in [-0.39, 0.29) is 18.6 Å². The van der Waals surface area contributed by atoms with Gasteiger partial charge in [-0.3, -0.25) is 4.79 Å². The number of aryl methyl sites for hydroxylation is 1. The highest BCUT2D eigenvalue weighted by atomic mass is 35.5. The van der Waals surface area contributed by atoms with Crippen LogP contribution in [-0.4, -0.2) is 18.6 Å².